The molecule has 2 aromatic carbocycles. The molecule has 4 nitrogen and oxygen atoms in total. The lowest BCUT2D eigenvalue weighted by atomic mass is 10.2. The molecule has 0 amide bonds. The van der Waals surface area contributed by atoms with E-state index in [1.165, 1.54) is 33.9 Å². The number of aryl methyl sites for hydroxylation is 1. The summed E-state index contributed by atoms with van der Waals surface area (Å²) < 4.78 is 46.2. The van der Waals surface area contributed by atoms with E-state index in [1.807, 2.05) is 25.1 Å². The van der Waals surface area contributed by atoms with Crippen LogP contribution in [0.3, 0.4) is 0 Å². The maximum absolute atomic E-state index is 13.4. The summed E-state index contributed by atoms with van der Waals surface area (Å²) >= 11 is 4.39. The number of aromatic nitrogens is 2. The van der Waals surface area contributed by atoms with Crippen molar-refractivity contribution in [3.63, 3.8) is 0 Å². The van der Waals surface area contributed by atoms with Crippen LogP contribution in [0, 0.1) is 0 Å². The third kappa shape index (κ3) is 4.86. The lowest BCUT2D eigenvalue weighted by molar-refractivity contribution is -0.665. The molecule has 192 valence electrons. The van der Waals surface area contributed by atoms with Crippen LogP contribution in [0.1, 0.15) is 31.8 Å². The molecule has 0 saturated carbocycles. The molecule has 0 fully saturated rings. The predicted octanol–water partition coefficient (Wildman–Crippen LogP) is 2.25. The zero-order valence-electron chi connectivity index (χ0n) is 19.0. The number of nitrogens with zero attached hydrogens (tertiary/aromatic N) is 3. The normalized spacial score (nSPS) is 15.2. The lowest BCUT2D eigenvalue weighted by Crippen LogP contribution is -3.00. The summed E-state index contributed by atoms with van der Waals surface area (Å²) in [5.41, 5.74) is 0.797. The second-order valence-electron chi connectivity index (χ2n) is 7.76. The summed E-state index contributed by atoms with van der Waals surface area (Å²) in [6.45, 7) is 5.33. The van der Waals surface area contributed by atoms with E-state index in [0.717, 1.165) is 33.9 Å². The highest BCUT2D eigenvalue weighted by molar-refractivity contribution is 8.08. The van der Waals surface area contributed by atoms with E-state index in [9.17, 15) is 18.0 Å². The summed E-state index contributed by atoms with van der Waals surface area (Å²) in [7, 11) is 1.71. The fraction of sp³-hybridized carbons (Fsp3) is 0.280. The molecular formula is C25H25F3IN3OS3. The van der Waals surface area contributed by atoms with Crippen LogP contribution in [0.15, 0.2) is 52.2 Å². The Labute approximate surface area is 236 Å². The van der Waals surface area contributed by atoms with Crippen molar-refractivity contribution in [1.29, 1.82) is 0 Å². The van der Waals surface area contributed by atoms with Crippen molar-refractivity contribution in [2.75, 3.05) is 11.9 Å². The summed E-state index contributed by atoms with van der Waals surface area (Å²) in [5.74, 6) is 0. The van der Waals surface area contributed by atoms with Gasteiger partial charge < -0.3 is 28.9 Å². The minimum Gasteiger partial charge on any atom is -1.00 e. The molecule has 0 bridgehead atoms. The average Bonchev–Trinajstić information content (AvgIpc) is 3.43. The van der Waals surface area contributed by atoms with Crippen molar-refractivity contribution < 1.29 is 41.7 Å². The molecule has 0 atom stereocenters. The molecule has 0 saturated heterocycles. The zero-order chi connectivity index (χ0) is 24.2. The third-order valence-corrected chi connectivity index (χ3v) is 9.38. The zero-order valence-corrected chi connectivity index (χ0v) is 23.6. The van der Waals surface area contributed by atoms with E-state index < -0.39 is 11.7 Å². The van der Waals surface area contributed by atoms with Crippen molar-refractivity contribution in [3.05, 3.63) is 72.6 Å². The molecule has 0 radical (unpaired) electrons. The van der Waals surface area contributed by atoms with Gasteiger partial charge in [0, 0.05) is 24.6 Å². The standard InChI is InChI=1S/C24H21F3N3OS3.CH4.HI/c1-4-29-15-8-6-7-9-17(15)32-19(29)13-20-30(5-2)22(31)21(34-20)23-28(3)16-12-14(24(25,26)27)10-11-18(16)33-23;;/h6-13H,4-5H2,1-3H3;1H4;1H/q+1;;/p-1/b23-21-;;. The number of alkyl halides is 3. The fourth-order valence-electron chi connectivity index (χ4n) is 4.08. The van der Waals surface area contributed by atoms with Crippen molar-refractivity contribution >= 4 is 61.4 Å². The SMILES string of the molecule is C.CCn1c(=Cc2sc3ccccc3[n+]2CC)s/c(=C2\Sc3ccc(C(F)(F)F)cc3N2C)c1=O.[I-]. The fourth-order valence-corrected chi connectivity index (χ4v) is 7.75. The highest BCUT2D eigenvalue weighted by Crippen LogP contribution is 2.47. The lowest BCUT2D eigenvalue weighted by Gasteiger charge is -2.14. The number of halogens is 4. The van der Waals surface area contributed by atoms with Gasteiger partial charge in [0.05, 0.1) is 17.3 Å². The van der Waals surface area contributed by atoms with Crippen molar-refractivity contribution in [1.82, 2.24) is 4.57 Å². The maximum Gasteiger partial charge on any atom is 0.416 e. The van der Waals surface area contributed by atoms with E-state index in [1.54, 1.807) is 27.9 Å². The van der Waals surface area contributed by atoms with Crippen LogP contribution >= 0.6 is 34.4 Å². The molecule has 4 aromatic rings. The molecule has 0 unspecified atom stereocenters. The first-order valence-corrected chi connectivity index (χ1v) is 13.2. The molecule has 3 heterocycles. The monoisotopic (exact) mass is 663 g/mol. The van der Waals surface area contributed by atoms with Gasteiger partial charge in [-0.2, -0.15) is 17.7 Å². The van der Waals surface area contributed by atoms with E-state index in [0.29, 0.717) is 26.7 Å². The number of benzene rings is 2. The molecule has 1 aliphatic rings. The highest BCUT2D eigenvalue weighted by Gasteiger charge is 2.34. The smallest absolute Gasteiger partial charge is 0.416 e. The minimum absolute atomic E-state index is 0. The van der Waals surface area contributed by atoms with Gasteiger partial charge in [-0.3, -0.25) is 9.36 Å². The molecule has 36 heavy (non-hydrogen) atoms. The van der Waals surface area contributed by atoms with Crippen LogP contribution in [-0.4, -0.2) is 11.6 Å². The van der Waals surface area contributed by atoms with E-state index in [2.05, 4.69) is 23.6 Å². The Morgan fingerprint density at radius 2 is 1.81 bits per heavy atom. The van der Waals surface area contributed by atoms with Crippen LogP contribution in [-0.2, 0) is 19.3 Å². The largest absolute Gasteiger partial charge is 1.00 e. The predicted molar refractivity (Wildman–Crippen MR) is 141 cm³/mol. The Bertz CT molecular complexity index is 1600. The van der Waals surface area contributed by atoms with Gasteiger partial charge in [0.25, 0.3) is 10.6 Å². The second-order valence-corrected chi connectivity index (χ2v) is 10.9. The molecule has 0 aliphatic carbocycles. The molecule has 2 aromatic heterocycles. The van der Waals surface area contributed by atoms with Crippen molar-refractivity contribution in [3.8, 4) is 0 Å². The quantitative estimate of drug-likeness (QED) is 0.249. The Balaban J connectivity index is 0.00000180. The van der Waals surface area contributed by atoms with Gasteiger partial charge in [-0.05, 0) is 38.1 Å². The number of rotatable bonds is 3. The second kappa shape index (κ2) is 10.9. The maximum atomic E-state index is 13.4. The van der Waals surface area contributed by atoms with Gasteiger partial charge in [-0.15, -0.1) is 11.3 Å². The number of fused-ring (bicyclic) bond motifs is 2. The molecule has 5 rings (SSSR count). The van der Waals surface area contributed by atoms with Crippen LogP contribution in [0.5, 0.6) is 0 Å². The Hall–Kier alpha value is -1.83. The molecule has 0 spiro atoms. The number of thiazole rings is 2. The van der Waals surface area contributed by atoms with Gasteiger partial charge in [0.2, 0.25) is 5.52 Å². The Morgan fingerprint density at radius 1 is 1.08 bits per heavy atom. The van der Waals surface area contributed by atoms with Crippen LogP contribution in [0.2, 0.25) is 0 Å². The third-order valence-electron chi connectivity index (χ3n) is 5.78. The van der Waals surface area contributed by atoms with E-state index in [-0.39, 0.29) is 37.0 Å². The summed E-state index contributed by atoms with van der Waals surface area (Å²) in [6, 6.07) is 11.9. The van der Waals surface area contributed by atoms with Gasteiger partial charge in [-0.1, -0.05) is 42.7 Å². The highest BCUT2D eigenvalue weighted by atomic mass is 127. The first-order valence-electron chi connectivity index (χ1n) is 10.7. The number of hydrogen-bond acceptors (Lipinski definition) is 5. The van der Waals surface area contributed by atoms with E-state index >= 15 is 0 Å². The van der Waals surface area contributed by atoms with Crippen LogP contribution in [0.4, 0.5) is 18.9 Å². The number of thioether (sulfide) groups is 1. The summed E-state index contributed by atoms with van der Waals surface area (Å²) in [5, 5.41) is 1.71. The Morgan fingerprint density at radius 3 is 2.47 bits per heavy atom. The van der Waals surface area contributed by atoms with Gasteiger partial charge in [0.1, 0.15) is 25.5 Å². The van der Waals surface area contributed by atoms with Gasteiger partial charge >= 0.3 is 6.18 Å². The first-order chi connectivity index (χ1) is 16.2. The molecule has 1 aliphatic heterocycles. The van der Waals surface area contributed by atoms with Gasteiger partial charge in [0.15, 0.2) is 0 Å². The van der Waals surface area contributed by atoms with Crippen LogP contribution in [0.25, 0.3) is 21.3 Å². The molecule has 11 heteroatoms. The number of anilines is 1. The van der Waals surface area contributed by atoms with E-state index in [4.69, 9.17) is 0 Å². The summed E-state index contributed by atoms with van der Waals surface area (Å²) in [4.78, 5) is 15.8. The topological polar surface area (TPSA) is 29.1 Å². The minimum atomic E-state index is -4.41. The van der Waals surface area contributed by atoms with Crippen molar-refractivity contribution in [2.24, 2.45) is 0 Å². The molecule has 0 N–H and O–H groups in total. The summed E-state index contributed by atoms with van der Waals surface area (Å²) in [6.07, 6.45) is -2.37. The first kappa shape index (κ1) is 28.7. The molecular weight excluding hydrogens is 638 g/mol. The number of hydrogen-bond donors (Lipinski definition) is 0. The Kier molecular flexibility index (Phi) is 8.69. The van der Waals surface area contributed by atoms with Crippen LogP contribution < -0.4 is 48.2 Å². The number of para-hydroxylation sites is 1. The van der Waals surface area contributed by atoms with Crippen molar-refractivity contribution in [2.45, 2.75) is 45.4 Å². The average molecular weight is 664 g/mol. The van der Waals surface area contributed by atoms with Gasteiger partial charge in [-0.25, -0.2) is 0 Å².